The summed E-state index contributed by atoms with van der Waals surface area (Å²) in [5.41, 5.74) is -0.0167. The number of aromatic carboxylic acids is 1. The fraction of sp³-hybridized carbons (Fsp3) is 0.375. The summed E-state index contributed by atoms with van der Waals surface area (Å²) in [5.74, 6) is 4.06. The van der Waals surface area contributed by atoms with E-state index in [0.717, 1.165) is 0 Å². The summed E-state index contributed by atoms with van der Waals surface area (Å²) in [5, 5.41) is 9.06. The molecule has 1 N–H and O–H groups in total. The molecule has 0 radical (unpaired) electrons. The Morgan fingerprint density at radius 2 is 1.85 bits per heavy atom. The Bertz CT molecular complexity index is 549. The van der Waals surface area contributed by atoms with Crippen LogP contribution in [0.2, 0.25) is 0 Å². The Labute approximate surface area is 118 Å². The first-order valence-corrected chi connectivity index (χ1v) is 6.41. The molecule has 4 nitrogen and oxygen atoms in total. The molecular weight excluding hydrogens is 256 g/mol. The van der Waals surface area contributed by atoms with Crippen LogP contribution in [0.3, 0.4) is 0 Å². The lowest BCUT2D eigenvalue weighted by atomic mass is 10.1. The predicted octanol–water partition coefficient (Wildman–Crippen LogP) is 2.98. The molecule has 0 saturated heterocycles. The molecule has 0 aliphatic rings. The van der Waals surface area contributed by atoms with Gasteiger partial charge in [-0.2, -0.15) is 0 Å². The zero-order chi connectivity index (χ0) is 15.1. The van der Waals surface area contributed by atoms with Crippen molar-refractivity contribution in [1.29, 1.82) is 0 Å². The molecule has 0 saturated carbocycles. The van der Waals surface area contributed by atoms with Gasteiger partial charge in [-0.1, -0.05) is 31.9 Å². The monoisotopic (exact) mass is 274 g/mol. The van der Waals surface area contributed by atoms with Crippen LogP contribution in [0, 0.1) is 17.8 Å². The molecule has 0 aromatic heterocycles. The van der Waals surface area contributed by atoms with Crippen LogP contribution in [0.4, 0.5) is 0 Å². The van der Waals surface area contributed by atoms with Crippen molar-refractivity contribution < 1.29 is 19.4 Å². The molecule has 0 bridgehead atoms. The second kappa shape index (κ2) is 7.34. The highest BCUT2D eigenvalue weighted by atomic mass is 16.5. The molecule has 0 aliphatic heterocycles. The predicted molar refractivity (Wildman–Crippen MR) is 75.5 cm³/mol. The van der Waals surface area contributed by atoms with Gasteiger partial charge in [0.05, 0.1) is 11.1 Å². The van der Waals surface area contributed by atoms with Gasteiger partial charge in [0.2, 0.25) is 0 Å². The highest BCUT2D eigenvalue weighted by molar-refractivity contribution is 6.02. The smallest absolute Gasteiger partial charge is 0.340 e. The summed E-state index contributed by atoms with van der Waals surface area (Å²) in [6.45, 7) is 5.68. The lowest BCUT2D eigenvalue weighted by Crippen LogP contribution is -2.20. The van der Waals surface area contributed by atoms with Gasteiger partial charge in [-0.15, -0.1) is 5.92 Å². The zero-order valence-electron chi connectivity index (χ0n) is 11.8. The number of carbonyl (C=O) groups is 2. The molecule has 20 heavy (non-hydrogen) atoms. The average molecular weight is 274 g/mol. The molecule has 0 aliphatic carbocycles. The standard InChI is InChI=1S/C16H18O4/c1-4-7-12(10-11(2)3)20-16(19)14-9-6-5-8-13(14)15(17)18/h5-6,8-9,11-12H,10H2,1-3H3,(H,17,18)/t12-/m0/s1. The van der Waals surface area contributed by atoms with Gasteiger partial charge >= 0.3 is 11.9 Å². The largest absolute Gasteiger partial charge is 0.478 e. The molecule has 0 amide bonds. The normalized spacial score (nSPS) is 11.4. The van der Waals surface area contributed by atoms with Crippen LogP contribution in [0.5, 0.6) is 0 Å². The van der Waals surface area contributed by atoms with Crippen LogP contribution in [-0.2, 0) is 4.74 Å². The van der Waals surface area contributed by atoms with Gasteiger partial charge < -0.3 is 9.84 Å². The number of carbonyl (C=O) groups excluding carboxylic acids is 1. The van der Waals surface area contributed by atoms with Gasteiger partial charge in [0.15, 0.2) is 6.10 Å². The van der Waals surface area contributed by atoms with Crippen molar-refractivity contribution >= 4 is 11.9 Å². The van der Waals surface area contributed by atoms with E-state index in [1.807, 2.05) is 13.8 Å². The van der Waals surface area contributed by atoms with Crippen LogP contribution < -0.4 is 0 Å². The molecule has 1 rings (SSSR count). The molecular formula is C16H18O4. The SMILES string of the molecule is CC#C[C@@H](CC(C)C)OC(=O)c1ccccc1C(=O)O. The highest BCUT2D eigenvalue weighted by Gasteiger charge is 2.20. The Morgan fingerprint density at radius 3 is 2.35 bits per heavy atom. The third kappa shape index (κ3) is 4.43. The molecule has 1 aromatic rings. The van der Waals surface area contributed by atoms with Crippen molar-refractivity contribution in [1.82, 2.24) is 0 Å². The maximum absolute atomic E-state index is 12.1. The quantitative estimate of drug-likeness (QED) is 0.662. The topological polar surface area (TPSA) is 63.6 Å². The van der Waals surface area contributed by atoms with Gasteiger partial charge in [0.1, 0.15) is 0 Å². The maximum Gasteiger partial charge on any atom is 0.340 e. The molecule has 0 fully saturated rings. The summed E-state index contributed by atoms with van der Waals surface area (Å²) in [7, 11) is 0. The summed E-state index contributed by atoms with van der Waals surface area (Å²) in [6.07, 6.45) is 0.0938. The third-order valence-corrected chi connectivity index (χ3v) is 2.62. The number of benzene rings is 1. The lowest BCUT2D eigenvalue weighted by Gasteiger charge is -2.15. The minimum Gasteiger partial charge on any atom is -0.478 e. The second-order valence-electron chi connectivity index (χ2n) is 4.77. The van der Waals surface area contributed by atoms with Crippen molar-refractivity contribution in [2.45, 2.75) is 33.3 Å². The van der Waals surface area contributed by atoms with E-state index in [2.05, 4.69) is 11.8 Å². The van der Waals surface area contributed by atoms with Crippen LogP contribution in [-0.4, -0.2) is 23.1 Å². The molecule has 1 atom stereocenters. The zero-order valence-corrected chi connectivity index (χ0v) is 11.8. The van der Waals surface area contributed by atoms with Crippen molar-refractivity contribution in [2.75, 3.05) is 0 Å². The van der Waals surface area contributed by atoms with Crippen molar-refractivity contribution in [3.05, 3.63) is 35.4 Å². The Morgan fingerprint density at radius 1 is 1.25 bits per heavy atom. The fourth-order valence-electron chi connectivity index (χ4n) is 1.77. The molecule has 0 unspecified atom stereocenters. The van der Waals surface area contributed by atoms with Crippen LogP contribution >= 0.6 is 0 Å². The van der Waals surface area contributed by atoms with E-state index in [-0.39, 0.29) is 11.1 Å². The highest BCUT2D eigenvalue weighted by Crippen LogP contribution is 2.14. The number of rotatable bonds is 5. The minimum atomic E-state index is -1.15. The Balaban J connectivity index is 2.94. The number of carboxylic acids is 1. The number of ether oxygens (including phenoxy) is 1. The Hall–Kier alpha value is -2.28. The van der Waals surface area contributed by atoms with E-state index >= 15 is 0 Å². The van der Waals surface area contributed by atoms with Gasteiger partial charge in [0, 0.05) is 0 Å². The molecule has 1 aromatic carbocycles. The van der Waals surface area contributed by atoms with Crippen LogP contribution in [0.1, 0.15) is 47.9 Å². The first-order valence-electron chi connectivity index (χ1n) is 6.41. The van der Waals surface area contributed by atoms with E-state index in [9.17, 15) is 9.59 Å². The van der Waals surface area contributed by atoms with E-state index in [1.165, 1.54) is 12.1 Å². The van der Waals surface area contributed by atoms with Gasteiger partial charge in [-0.05, 0) is 31.4 Å². The average Bonchev–Trinajstić information content (AvgIpc) is 2.38. The number of esters is 1. The Kier molecular flexibility index (Phi) is 5.79. The summed E-state index contributed by atoms with van der Waals surface area (Å²) in [6, 6.07) is 5.99. The molecule has 4 heteroatoms. The summed E-state index contributed by atoms with van der Waals surface area (Å²) in [4.78, 5) is 23.2. The first kappa shape index (κ1) is 15.8. The lowest BCUT2D eigenvalue weighted by molar-refractivity contribution is 0.0370. The van der Waals surface area contributed by atoms with Gasteiger partial charge in [-0.25, -0.2) is 9.59 Å². The minimum absolute atomic E-state index is 0.0478. The fourth-order valence-corrected chi connectivity index (χ4v) is 1.77. The summed E-state index contributed by atoms with van der Waals surface area (Å²) >= 11 is 0. The summed E-state index contributed by atoms with van der Waals surface area (Å²) < 4.78 is 5.30. The first-order chi connectivity index (χ1) is 9.45. The number of hydrogen-bond donors (Lipinski definition) is 1. The van der Waals surface area contributed by atoms with Crippen molar-refractivity contribution in [3.8, 4) is 11.8 Å². The second-order valence-corrected chi connectivity index (χ2v) is 4.77. The molecule has 106 valence electrons. The van der Waals surface area contributed by atoms with Crippen molar-refractivity contribution in [3.63, 3.8) is 0 Å². The van der Waals surface area contributed by atoms with Crippen LogP contribution in [0.15, 0.2) is 24.3 Å². The van der Waals surface area contributed by atoms with Crippen LogP contribution in [0.25, 0.3) is 0 Å². The number of carboxylic acid groups (broad SMARTS) is 1. The molecule has 0 heterocycles. The van der Waals surface area contributed by atoms with Crippen molar-refractivity contribution in [2.24, 2.45) is 5.92 Å². The van der Waals surface area contributed by atoms with E-state index < -0.39 is 18.0 Å². The number of hydrogen-bond acceptors (Lipinski definition) is 3. The van der Waals surface area contributed by atoms with Gasteiger partial charge in [-0.3, -0.25) is 0 Å². The molecule has 0 spiro atoms. The maximum atomic E-state index is 12.1. The van der Waals surface area contributed by atoms with E-state index in [4.69, 9.17) is 9.84 Å². The van der Waals surface area contributed by atoms with E-state index in [1.54, 1.807) is 19.1 Å². The third-order valence-electron chi connectivity index (χ3n) is 2.62. The van der Waals surface area contributed by atoms with Gasteiger partial charge in [0.25, 0.3) is 0 Å². The van der Waals surface area contributed by atoms with E-state index in [0.29, 0.717) is 12.3 Å².